The SMILES string of the molecule is Cc1ccc(NC(=O)NCCn2ncccc2=O)cc1Cl. The van der Waals surface area contributed by atoms with Crippen molar-refractivity contribution >= 4 is 23.3 Å². The molecule has 1 heterocycles. The lowest BCUT2D eigenvalue weighted by molar-refractivity contribution is 0.251. The predicted molar refractivity (Wildman–Crippen MR) is 81.7 cm³/mol. The molecule has 0 atom stereocenters. The minimum Gasteiger partial charge on any atom is -0.336 e. The minimum absolute atomic E-state index is 0.204. The third kappa shape index (κ3) is 4.32. The second kappa shape index (κ2) is 6.90. The van der Waals surface area contributed by atoms with Gasteiger partial charge in [0.1, 0.15) is 0 Å². The summed E-state index contributed by atoms with van der Waals surface area (Å²) < 4.78 is 1.28. The molecule has 2 N–H and O–H groups in total. The van der Waals surface area contributed by atoms with Crippen molar-refractivity contribution in [1.82, 2.24) is 15.1 Å². The summed E-state index contributed by atoms with van der Waals surface area (Å²) in [6, 6.07) is 7.90. The first-order chi connectivity index (χ1) is 10.1. The van der Waals surface area contributed by atoms with Gasteiger partial charge in [-0.15, -0.1) is 0 Å². The molecule has 2 aromatic rings. The molecule has 21 heavy (non-hydrogen) atoms. The largest absolute Gasteiger partial charge is 0.336 e. The van der Waals surface area contributed by atoms with Crippen LogP contribution in [0.25, 0.3) is 0 Å². The zero-order chi connectivity index (χ0) is 15.2. The van der Waals surface area contributed by atoms with E-state index in [0.29, 0.717) is 23.8 Å². The molecule has 1 aromatic heterocycles. The fourth-order valence-electron chi connectivity index (χ4n) is 1.68. The molecule has 0 fully saturated rings. The van der Waals surface area contributed by atoms with Crippen LogP contribution >= 0.6 is 11.6 Å². The smallest absolute Gasteiger partial charge is 0.319 e. The van der Waals surface area contributed by atoms with E-state index in [0.717, 1.165) is 5.56 Å². The maximum absolute atomic E-state index is 11.7. The maximum atomic E-state index is 11.7. The molecule has 0 radical (unpaired) electrons. The number of aromatic nitrogens is 2. The summed E-state index contributed by atoms with van der Waals surface area (Å²) in [6.45, 7) is 2.49. The van der Waals surface area contributed by atoms with Gasteiger partial charge in [0, 0.05) is 29.5 Å². The van der Waals surface area contributed by atoms with Crippen molar-refractivity contribution in [2.75, 3.05) is 11.9 Å². The van der Waals surface area contributed by atoms with Crippen molar-refractivity contribution < 1.29 is 4.79 Å². The highest BCUT2D eigenvalue weighted by atomic mass is 35.5. The lowest BCUT2D eigenvalue weighted by Crippen LogP contribution is -2.34. The number of rotatable bonds is 4. The number of nitrogens with zero attached hydrogens (tertiary/aromatic N) is 2. The van der Waals surface area contributed by atoms with Crippen molar-refractivity contribution in [1.29, 1.82) is 0 Å². The Balaban J connectivity index is 1.84. The number of carbonyl (C=O) groups excluding carboxylic acids is 1. The minimum atomic E-state index is -0.362. The fraction of sp³-hybridized carbons (Fsp3) is 0.214. The number of halogens is 1. The average Bonchev–Trinajstić information content (AvgIpc) is 2.45. The Hall–Kier alpha value is -2.34. The van der Waals surface area contributed by atoms with Crippen LogP contribution in [0.5, 0.6) is 0 Å². The van der Waals surface area contributed by atoms with Crippen LogP contribution in [0.4, 0.5) is 10.5 Å². The molecule has 0 spiro atoms. The van der Waals surface area contributed by atoms with E-state index < -0.39 is 0 Å². The fourth-order valence-corrected chi connectivity index (χ4v) is 1.86. The summed E-state index contributed by atoms with van der Waals surface area (Å²) >= 11 is 5.98. The first kappa shape index (κ1) is 15.1. The first-order valence-corrected chi connectivity index (χ1v) is 6.77. The summed E-state index contributed by atoms with van der Waals surface area (Å²) in [6.07, 6.45) is 1.52. The molecule has 0 bridgehead atoms. The van der Waals surface area contributed by atoms with Gasteiger partial charge in [-0.05, 0) is 30.7 Å². The molecule has 7 heteroatoms. The number of nitrogens with one attached hydrogen (secondary N) is 2. The third-order valence-electron chi connectivity index (χ3n) is 2.82. The molecule has 0 unspecified atom stereocenters. The standard InChI is InChI=1S/C14H15ClN4O2/c1-10-4-5-11(9-12(10)15)18-14(21)16-7-8-19-13(20)3-2-6-17-19/h2-6,9H,7-8H2,1H3,(H2,16,18,21). The molecule has 0 saturated heterocycles. The van der Waals surface area contributed by atoms with E-state index in [2.05, 4.69) is 15.7 Å². The Morgan fingerprint density at radius 3 is 2.90 bits per heavy atom. The first-order valence-electron chi connectivity index (χ1n) is 6.39. The van der Waals surface area contributed by atoms with Gasteiger partial charge in [-0.25, -0.2) is 9.48 Å². The Morgan fingerprint density at radius 1 is 1.38 bits per heavy atom. The number of anilines is 1. The molecule has 1 aromatic carbocycles. The Labute approximate surface area is 126 Å². The highest BCUT2D eigenvalue weighted by molar-refractivity contribution is 6.31. The summed E-state index contributed by atoms with van der Waals surface area (Å²) in [7, 11) is 0. The predicted octanol–water partition coefficient (Wildman–Crippen LogP) is 2.03. The maximum Gasteiger partial charge on any atom is 0.319 e. The average molecular weight is 307 g/mol. The summed E-state index contributed by atoms with van der Waals surface area (Å²) in [5, 5.41) is 9.80. The van der Waals surface area contributed by atoms with E-state index in [-0.39, 0.29) is 11.6 Å². The summed E-state index contributed by atoms with van der Waals surface area (Å²) in [4.78, 5) is 23.1. The number of carbonyl (C=O) groups is 1. The molecule has 110 valence electrons. The lowest BCUT2D eigenvalue weighted by Gasteiger charge is -2.09. The van der Waals surface area contributed by atoms with Gasteiger partial charge in [0.25, 0.3) is 5.56 Å². The van der Waals surface area contributed by atoms with Crippen LogP contribution in [0.1, 0.15) is 5.56 Å². The molecule has 0 saturated carbocycles. The van der Waals surface area contributed by atoms with Gasteiger partial charge in [-0.3, -0.25) is 4.79 Å². The monoisotopic (exact) mass is 306 g/mol. The van der Waals surface area contributed by atoms with Gasteiger partial charge in [-0.1, -0.05) is 17.7 Å². The Kier molecular flexibility index (Phi) is 4.94. The topological polar surface area (TPSA) is 76.0 Å². The summed E-state index contributed by atoms with van der Waals surface area (Å²) in [5.41, 5.74) is 1.35. The van der Waals surface area contributed by atoms with Crippen LogP contribution < -0.4 is 16.2 Å². The summed E-state index contributed by atoms with van der Waals surface area (Å²) in [5.74, 6) is 0. The molecule has 2 rings (SSSR count). The van der Waals surface area contributed by atoms with Gasteiger partial charge in [0.05, 0.1) is 6.54 Å². The third-order valence-corrected chi connectivity index (χ3v) is 3.23. The molecule has 2 amide bonds. The van der Waals surface area contributed by atoms with Gasteiger partial charge in [-0.2, -0.15) is 5.10 Å². The molecule has 0 aliphatic heterocycles. The van der Waals surface area contributed by atoms with E-state index in [1.165, 1.54) is 16.9 Å². The van der Waals surface area contributed by atoms with Crippen LogP contribution in [0, 0.1) is 6.92 Å². The van der Waals surface area contributed by atoms with Crippen LogP contribution in [-0.2, 0) is 6.54 Å². The number of hydrogen-bond donors (Lipinski definition) is 2. The number of hydrogen-bond acceptors (Lipinski definition) is 3. The van der Waals surface area contributed by atoms with Gasteiger partial charge >= 0.3 is 6.03 Å². The van der Waals surface area contributed by atoms with Gasteiger partial charge < -0.3 is 10.6 Å². The molecule has 0 aliphatic rings. The number of urea groups is 1. The second-order valence-electron chi connectivity index (χ2n) is 4.43. The van der Waals surface area contributed by atoms with Crippen molar-refractivity contribution in [3.8, 4) is 0 Å². The van der Waals surface area contributed by atoms with Gasteiger partial charge in [0.15, 0.2) is 0 Å². The van der Waals surface area contributed by atoms with Crippen molar-refractivity contribution in [3.05, 3.63) is 57.5 Å². The van der Waals surface area contributed by atoms with E-state index in [4.69, 9.17) is 11.6 Å². The highest BCUT2D eigenvalue weighted by Crippen LogP contribution is 2.19. The van der Waals surface area contributed by atoms with Crippen LogP contribution in [-0.4, -0.2) is 22.4 Å². The van der Waals surface area contributed by atoms with Gasteiger partial charge in [0.2, 0.25) is 0 Å². The van der Waals surface area contributed by atoms with Crippen LogP contribution in [0.2, 0.25) is 5.02 Å². The van der Waals surface area contributed by atoms with E-state index in [1.807, 2.05) is 13.0 Å². The quantitative estimate of drug-likeness (QED) is 0.907. The Morgan fingerprint density at radius 2 is 2.19 bits per heavy atom. The lowest BCUT2D eigenvalue weighted by atomic mass is 10.2. The van der Waals surface area contributed by atoms with Crippen molar-refractivity contribution in [3.63, 3.8) is 0 Å². The second-order valence-corrected chi connectivity index (χ2v) is 4.84. The number of aryl methyl sites for hydroxylation is 1. The zero-order valence-electron chi connectivity index (χ0n) is 11.5. The van der Waals surface area contributed by atoms with E-state index >= 15 is 0 Å². The molecule has 6 nitrogen and oxygen atoms in total. The number of amides is 2. The van der Waals surface area contributed by atoms with Crippen LogP contribution in [0.3, 0.4) is 0 Å². The molecular weight excluding hydrogens is 292 g/mol. The normalized spacial score (nSPS) is 10.2. The highest BCUT2D eigenvalue weighted by Gasteiger charge is 2.03. The van der Waals surface area contributed by atoms with Crippen molar-refractivity contribution in [2.45, 2.75) is 13.5 Å². The zero-order valence-corrected chi connectivity index (χ0v) is 12.2. The Bertz CT molecular complexity index is 699. The van der Waals surface area contributed by atoms with Crippen LogP contribution in [0.15, 0.2) is 41.3 Å². The van der Waals surface area contributed by atoms with Crippen molar-refractivity contribution in [2.24, 2.45) is 0 Å². The van der Waals surface area contributed by atoms with E-state index in [9.17, 15) is 9.59 Å². The number of benzene rings is 1. The molecule has 0 aliphatic carbocycles. The van der Waals surface area contributed by atoms with E-state index in [1.54, 1.807) is 18.2 Å². The molecular formula is C14H15ClN4O2.